The maximum absolute atomic E-state index is 13.5. The molecule has 0 aliphatic heterocycles. The summed E-state index contributed by atoms with van der Waals surface area (Å²) in [6.45, 7) is 0. The molecule has 0 radical (unpaired) electrons. The summed E-state index contributed by atoms with van der Waals surface area (Å²) in [7, 11) is 2.62. The van der Waals surface area contributed by atoms with Crippen LogP contribution in [0.1, 0.15) is 17.4 Å². The smallest absolute Gasteiger partial charge is 0.188 e. The quantitative estimate of drug-likeness (QED) is 0.591. The molecule has 0 bridgehead atoms. The molecule has 0 unspecified atom stereocenters. The lowest BCUT2D eigenvalue weighted by Gasteiger charge is -2.15. The minimum atomic E-state index is -1.05. The molecular weight excluding hydrogens is 226 g/mol. The van der Waals surface area contributed by atoms with Gasteiger partial charge in [-0.25, -0.2) is 8.78 Å². The molecule has 1 aromatic rings. The second-order valence-corrected chi connectivity index (χ2v) is 3.18. The van der Waals surface area contributed by atoms with Crippen LogP contribution in [0, 0.1) is 11.6 Å². The second-order valence-electron chi connectivity index (χ2n) is 2.91. The Kier molecular flexibility index (Phi) is 4.45. The van der Waals surface area contributed by atoms with Crippen molar-refractivity contribution in [3.63, 3.8) is 0 Å². The van der Waals surface area contributed by atoms with Crippen LogP contribution in [0.15, 0.2) is 12.1 Å². The maximum atomic E-state index is 13.5. The number of benzene rings is 1. The van der Waals surface area contributed by atoms with Crippen molar-refractivity contribution >= 4 is 11.6 Å². The van der Waals surface area contributed by atoms with E-state index in [2.05, 4.69) is 0 Å². The molecule has 0 aliphatic carbocycles. The van der Waals surface area contributed by atoms with Crippen LogP contribution in [0.3, 0.4) is 0 Å². The molecular formula is C10H11ClF2O2. The fourth-order valence-corrected chi connectivity index (χ4v) is 1.43. The number of methoxy groups -OCH3 is 2. The van der Waals surface area contributed by atoms with Crippen molar-refractivity contribution in [2.75, 3.05) is 14.2 Å². The zero-order chi connectivity index (χ0) is 11.4. The lowest BCUT2D eigenvalue weighted by atomic mass is 10.1. The lowest BCUT2D eigenvalue weighted by Crippen LogP contribution is -2.09. The van der Waals surface area contributed by atoms with E-state index < -0.39 is 17.9 Å². The van der Waals surface area contributed by atoms with E-state index in [1.54, 1.807) is 0 Å². The Bertz CT molecular complexity index is 317. The summed E-state index contributed by atoms with van der Waals surface area (Å²) in [6, 6.07) is 2.33. The van der Waals surface area contributed by atoms with Crippen LogP contribution < -0.4 is 0 Å². The van der Waals surface area contributed by atoms with E-state index in [4.69, 9.17) is 21.1 Å². The van der Waals surface area contributed by atoms with Gasteiger partial charge in [-0.1, -0.05) is 0 Å². The molecule has 0 fully saturated rings. The van der Waals surface area contributed by atoms with Crippen LogP contribution >= 0.6 is 11.6 Å². The summed E-state index contributed by atoms with van der Waals surface area (Å²) < 4.78 is 36.5. The van der Waals surface area contributed by atoms with Gasteiger partial charge in [0.15, 0.2) is 6.29 Å². The average molecular weight is 237 g/mol. The van der Waals surface area contributed by atoms with Gasteiger partial charge in [0.2, 0.25) is 0 Å². The van der Waals surface area contributed by atoms with Gasteiger partial charge in [-0.2, -0.15) is 0 Å². The topological polar surface area (TPSA) is 18.5 Å². The van der Waals surface area contributed by atoms with Crippen molar-refractivity contribution < 1.29 is 18.3 Å². The number of alkyl halides is 1. The van der Waals surface area contributed by atoms with E-state index in [-0.39, 0.29) is 11.4 Å². The van der Waals surface area contributed by atoms with Gasteiger partial charge in [0.1, 0.15) is 11.6 Å². The summed E-state index contributed by atoms with van der Waals surface area (Å²) in [5.41, 5.74) is 0.134. The average Bonchev–Trinajstić information content (AvgIpc) is 2.23. The van der Waals surface area contributed by atoms with Gasteiger partial charge in [0, 0.05) is 20.1 Å². The third-order valence-corrected chi connectivity index (χ3v) is 2.27. The van der Waals surface area contributed by atoms with Gasteiger partial charge < -0.3 is 9.47 Å². The number of hydrogen-bond donors (Lipinski definition) is 0. The highest BCUT2D eigenvalue weighted by Crippen LogP contribution is 2.25. The molecule has 1 rings (SSSR count). The highest BCUT2D eigenvalue weighted by molar-refractivity contribution is 6.17. The number of ether oxygens (including phenoxy) is 2. The first-order chi connectivity index (χ1) is 7.13. The summed E-state index contributed by atoms with van der Waals surface area (Å²) in [4.78, 5) is 0. The minimum absolute atomic E-state index is 0.0543. The Morgan fingerprint density at radius 1 is 1.20 bits per heavy atom. The van der Waals surface area contributed by atoms with Crippen molar-refractivity contribution in [2.24, 2.45) is 0 Å². The Labute approximate surface area is 91.8 Å². The Hall–Kier alpha value is -0.710. The molecule has 15 heavy (non-hydrogen) atoms. The van der Waals surface area contributed by atoms with Gasteiger partial charge in [0.05, 0.1) is 5.56 Å². The van der Waals surface area contributed by atoms with E-state index in [9.17, 15) is 8.78 Å². The first-order valence-electron chi connectivity index (χ1n) is 4.23. The van der Waals surface area contributed by atoms with Crippen molar-refractivity contribution in [1.82, 2.24) is 0 Å². The number of rotatable bonds is 4. The molecule has 84 valence electrons. The lowest BCUT2D eigenvalue weighted by molar-refractivity contribution is -0.109. The third-order valence-electron chi connectivity index (χ3n) is 1.96. The van der Waals surface area contributed by atoms with Crippen LogP contribution in [0.5, 0.6) is 0 Å². The number of hydrogen-bond acceptors (Lipinski definition) is 2. The predicted molar refractivity (Wildman–Crippen MR) is 52.7 cm³/mol. The van der Waals surface area contributed by atoms with Crippen LogP contribution in [-0.4, -0.2) is 14.2 Å². The van der Waals surface area contributed by atoms with E-state index in [1.807, 2.05) is 0 Å². The van der Waals surface area contributed by atoms with E-state index >= 15 is 0 Å². The van der Waals surface area contributed by atoms with Crippen LogP contribution in [0.4, 0.5) is 8.78 Å². The summed E-state index contributed by atoms with van der Waals surface area (Å²) in [6.07, 6.45) is -1.05. The molecule has 0 heterocycles. The first-order valence-corrected chi connectivity index (χ1v) is 4.76. The van der Waals surface area contributed by atoms with Crippen LogP contribution in [0.25, 0.3) is 0 Å². The van der Waals surface area contributed by atoms with Gasteiger partial charge >= 0.3 is 0 Å². The molecule has 5 heteroatoms. The van der Waals surface area contributed by atoms with Gasteiger partial charge in [-0.05, 0) is 17.7 Å². The normalized spacial score (nSPS) is 11.1. The second kappa shape index (κ2) is 5.39. The standard InChI is InChI=1S/C10H11ClF2O2/c1-14-10(15-2)9-7(12)3-6(5-11)4-8(9)13/h3-4,10H,5H2,1-2H3. The molecule has 0 saturated carbocycles. The fraction of sp³-hybridized carbons (Fsp3) is 0.400. The molecule has 0 amide bonds. The Morgan fingerprint density at radius 3 is 2.00 bits per heavy atom. The monoisotopic (exact) mass is 236 g/mol. The highest BCUT2D eigenvalue weighted by atomic mass is 35.5. The van der Waals surface area contributed by atoms with Crippen LogP contribution in [-0.2, 0) is 15.4 Å². The molecule has 0 aliphatic rings. The summed E-state index contributed by atoms with van der Waals surface area (Å²) in [5, 5.41) is 0. The minimum Gasteiger partial charge on any atom is -0.351 e. The maximum Gasteiger partial charge on any atom is 0.188 e. The number of halogens is 3. The molecule has 1 aromatic carbocycles. The van der Waals surface area contributed by atoms with Crippen molar-refractivity contribution in [2.45, 2.75) is 12.2 Å². The van der Waals surface area contributed by atoms with Crippen molar-refractivity contribution in [1.29, 1.82) is 0 Å². The first kappa shape index (κ1) is 12.4. The van der Waals surface area contributed by atoms with Crippen LogP contribution in [0.2, 0.25) is 0 Å². The molecule has 0 saturated heterocycles. The molecule has 0 atom stereocenters. The Balaban J connectivity index is 3.18. The molecule has 2 nitrogen and oxygen atoms in total. The van der Waals surface area contributed by atoms with Gasteiger partial charge in [-0.3, -0.25) is 0 Å². The summed E-state index contributed by atoms with van der Waals surface area (Å²) in [5.74, 6) is -1.39. The third kappa shape index (κ3) is 2.65. The van der Waals surface area contributed by atoms with E-state index in [0.29, 0.717) is 5.56 Å². The fourth-order valence-electron chi connectivity index (χ4n) is 1.27. The molecule has 0 aromatic heterocycles. The van der Waals surface area contributed by atoms with Gasteiger partial charge in [-0.15, -0.1) is 11.6 Å². The SMILES string of the molecule is COC(OC)c1c(F)cc(CCl)cc1F. The predicted octanol–water partition coefficient (Wildman–Crippen LogP) is 3.00. The largest absolute Gasteiger partial charge is 0.351 e. The molecule has 0 spiro atoms. The van der Waals surface area contributed by atoms with E-state index in [0.717, 1.165) is 12.1 Å². The zero-order valence-electron chi connectivity index (χ0n) is 8.39. The highest BCUT2D eigenvalue weighted by Gasteiger charge is 2.20. The van der Waals surface area contributed by atoms with E-state index in [1.165, 1.54) is 14.2 Å². The van der Waals surface area contributed by atoms with Crippen molar-refractivity contribution in [3.8, 4) is 0 Å². The summed E-state index contributed by atoms with van der Waals surface area (Å²) >= 11 is 5.47. The zero-order valence-corrected chi connectivity index (χ0v) is 9.15. The molecule has 0 N–H and O–H groups in total. The Morgan fingerprint density at radius 2 is 1.67 bits per heavy atom. The van der Waals surface area contributed by atoms with Gasteiger partial charge in [0.25, 0.3) is 0 Å². The van der Waals surface area contributed by atoms with Crippen molar-refractivity contribution in [3.05, 3.63) is 34.9 Å².